The van der Waals surface area contributed by atoms with Crippen LogP contribution in [0.15, 0.2) is 48.7 Å². The highest BCUT2D eigenvalue weighted by Gasteiger charge is 2.19. The third-order valence-corrected chi connectivity index (χ3v) is 3.66. The van der Waals surface area contributed by atoms with Crippen molar-refractivity contribution >= 4 is 6.03 Å². The summed E-state index contributed by atoms with van der Waals surface area (Å²) < 4.78 is 5.72. The number of carbonyl (C=O) groups excluding carboxylic acids is 1. The van der Waals surface area contributed by atoms with Crippen molar-refractivity contribution in [3.63, 3.8) is 0 Å². The maximum atomic E-state index is 11.8. The predicted octanol–water partition coefficient (Wildman–Crippen LogP) is 2.13. The molecule has 1 aliphatic rings. The zero-order chi connectivity index (χ0) is 15.2. The molecule has 0 saturated carbocycles. The van der Waals surface area contributed by atoms with Gasteiger partial charge in [0, 0.05) is 18.7 Å². The van der Waals surface area contributed by atoms with Crippen molar-refractivity contribution in [2.45, 2.75) is 13.0 Å². The van der Waals surface area contributed by atoms with E-state index < -0.39 is 0 Å². The molecule has 2 aromatic rings. The molecule has 22 heavy (non-hydrogen) atoms. The first-order valence-corrected chi connectivity index (χ1v) is 7.43. The topological polar surface area (TPSA) is 63.2 Å². The monoisotopic (exact) mass is 297 g/mol. The van der Waals surface area contributed by atoms with E-state index in [0.29, 0.717) is 25.6 Å². The number of aromatic nitrogens is 1. The molecule has 1 aromatic carbocycles. The van der Waals surface area contributed by atoms with E-state index in [-0.39, 0.29) is 6.03 Å². The van der Waals surface area contributed by atoms with E-state index in [2.05, 4.69) is 21.7 Å². The number of fused-ring (bicyclic) bond motifs is 1. The fourth-order valence-electron chi connectivity index (χ4n) is 2.49. The van der Waals surface area contributed by atoms with Crippen molar-refractivity contribution in [1.82, 2.24) is 15.6 Å². The summed E-state index contributed by atoms with van der Waals surface area (Å²) in [6.07, 6.45) is 2.64. The average Bonchev–Trinajstić information content (AvgIpc) is 2.59. The predicted molar refractivity (Wildman–Crippen MR) is 83.6 cm³/mol. The molecule has 1 unspecified atom stereocenters. The van der Waals surface area contributed by atoms with Crippen LogP contribution in [0.25, 0.3) is 0 Å². The van der Waals surface area contributed by atoms with Crippen LogP contribution >= 0.6 is 0 Å². The van der Waals surface area contributed by atoms with E-state index in [1.54, 1.807) is 6.20 Å². The van der Waals surface area contributed by atoms with Crippen LogP contribution in [0.4, 0.5) is 4.79 Å². The summed E-state index contributed by atoms with van der Waals surface area (Å²) in [5.41, 5.74) is 2.04. The Bertz CT molecular complexity index is 631. The molecule has 0 saturated heterocycles. The smallest absolute Gasteiger partial charge is 0.315 e. The molecule has 2 amide bonds. The number of amides is 2. The molecule has 5 nitrogen and oxygen atoms in total. The van der Waals surface area contributed by atoms with Gasteiger partial charge in [0.1, 0.15) is 5.75 Å². The molecule has 2 N–H and O–H groups in total. The van der Waals surface area contributed by atoms with E-state index in [1.165, 1.54) is 5.56 Å². The van der Waals surface area contributed by atoms with Crippen molar-refractivity contribution in [3.8, 4) is 5.75 Å². The van der Waals surface area contributed by atoms with Crippen molar-refractivity contribution in [2.24, 2.45) is 5.92 Å². The molecule has 2 heterocycles. The van der Waals surface area contributed by atoms with Gasteiger partial charge in [-0.1, -0.05) is 24.3 Å². The highest BCUT2D eigenvalue weighted by molar-refractivity contribution is 5.73. The Morgan fingerprint density at radius 1 is 1.18 bits per heavy atom. The summed E-state index contributed by atoms with van der Waals surface area (Å²) in [6, 6.07) is 13.5. The Labute approximate surface area is 129 Å². The summed E-state index contributed by atoms with van der Waals surface area (Å²) in [5, 5.41) is 5.70. The van der Waals surface area contributed by atoms with Crippen LogP contribution in [0.2, 0.25) is 0 Å². The number of hydrogen-bond donors (Lipinski definition) is 2. The van der Waals surface area contributed by atoms with E-state index in [0.717, 1.165) is 17.9 Å². The summed E-state index contributed by atoms with van der Waals surface area (Å²) in [6.45, 7) is 1.66. The second-order valence-corrected chi connectivity index (χ2v) is 5.37. The number of para-hydroxylation sites is 1. The number of ether oxygens (including phenoxy) is 1. The molecule has 0 fully saturated rings. The fraction of sp³-hybridized carbons (Fsp3) is 0.294. The Balaban J connectivity index is 1.42. The first-order chi connectivity index (χ1) is 10.8. The lowest BCUT2D eigenvalue weighted by atomic mass is 9.97. The van der Waals surface area contributed by atoms with Gasteiger partial charge in [-0.3, -0.25) is 4.98 Å². The summed E-state index contributed by atoms with van der Waals surface area (Å²) in [5.74, 6) is 1.26. The van der Waals surface area contributed by atoms with Crippen LogP contribution in [-0.2, 0) is 13.0 Å². The Kier molecular flexibility index (Phi) is 4.53. The normalized spacial score (nSPS) is 16.3. The number of rotatable bonds is 4. The second kappa shape index (κ2) is 6.93. The molecule has 0 bridgehead atoms. The van der Waals surface area contributed by atoms with Crippen molar-refractivity contribution < 1.29 is 9.53 Å². The minimum atomic E-state index is -0.176. The number of pyridine rings is 1. The Morgan fingerprint density at radius 3 is 2.91 bits per heavy atom. The number of carbonyl (C=O) groups is 1. The standard InChI is InChI=1S/C17H19N3O2/c21-17(20-11-15-6-3-4-8-18-15)19-10-13-9-14-5-1-2-7-16(14)22-12-13/h1-8,13H,9-12H2,(H2,19,20,21). The van der Waals surface area contributed by atoms with E-state index >= 15 is 0 Å². The number of urea groups is 1. The van der Waals surface area contributed by atoms with Crippen LogP contribution in [0.3, 0.4) is 0 Å². The highest BCUT2D eigenvalue weighted by Crippen LogP contribution is 2.26. The molecule has 0 radical (unpaired) electrons. The molecular weight excluding hydrogens is 278 g/mol. The van der Waals surface area contributed by atoms with Crippen LogP contribution in [0.5, 0.6) is 5.75 Å². The van der Waals surface area contributed by atoms with E-state index in [9.17, 15) is 4.79 Å². The molecular formula is C17H19N3O2. The Hall–Kier alpha value is -2.56. The first-order valence-electron chi connectivity index (χ1n) is 7.43. The van der Waals surface area contributed by atoms with Gasteiger partial charge in [0.05, 0.1) is 18.8 Å². The van der Waals surface area contributed by atoms with Gasteiger partial charge in [-0.05, 0) is 30.2 Å². The molecule has 114 valence electrons. The van der Waals surface area contributed by atoms with Gasteiger partial charge in [-0.2, -0.15) is 0 Å². The van der Waals surface area contributed by atoms with Crippen molar-refractivity contribution in [2.75, 3.05) is 13.2 Å². The summed E-state index contributed by atoms with van der Waals surface area (Å²) in [7, 11) is 0. The third-order valence-electron chi connectivity index (χ3n) is 3.66. The lowest BCUT2D eigenvalue weighted by Gasteiger charge is -2.25. The van der Waals surface area contributed by atoms with Crippen LogP contribution in [0.1, 0.15) is 11.3 Å². The van der Waals surface area contributed by atoms with Gasteiger partial charge in [-0.15, -0.1) is 0 Å². The number of nitrogens with zero attached hydrogens (tertiary/aromatic N) is 1. The summed E-state index contributed by atoms with van der Waals surface area (Å²) in [4.78, 5) is 16.0. The molecule has 1 aromatic heterocycles. The third kappa shape index (κ3) is 3.75. The lowest BCUT2D eigenvalue weighted by molar-refractivity contribution is 0.211. The van der Waals surface area contributed by atoms with Crippen LogP contribution in [0, 0.1) is 5.92 Å². The zero-order valence-corrected chi connectivity index (χ0v) is 12.3. The lowest BCUT2D eigenvalue weighted by Crippen LogP contribution is -2.40. The number of benzene rings is 1. The summed E-state index contributed by atoms with van der Waals surface area (Å²) >= 11 is 0. The minimum Gasteiger partial charge on any atom is -0.493 e. The van der Waals surface area contributed by atoms with E-state index in [1.807, 2.05) is 36.4 Å². The van der Waals surface area contributed by atoms with E-state index in [4.69, 9.17) is 4.74 Å². The van der Waals surface area contributed by atoms with Gasteiger partial charge in [-0.25, -0.2) is 4.79 Å². The van der Waals surface area contributed by atoms with Gasteiger partial charge >= 0.3 is 6.03 Å². The fourth-order valence-corrected chi connectivity index (χ4v) is 2.49. The SMILES string of the molecule is O=C(NCc1ccccn1)NCC1COc2ccccc2C1. The quantitative estimate of drug-likeness (QED) is 0.908. The largest absolute Gasteiger partial charge is 0.493 e. The number of hydrogen-bond acceptors (Lipinski definition) is 3. The second-order valence-electron chi connectivity index (χ2n) is 5.37. The average molecular weight is 297 g/mol. The zero-order valence-electron chi connectivity index (χ0n) is 12.3. The molecule has 5 heteroatoms. The highest BCUT2D eigenvalue weighted by atomic mass is 16.5. The number of nitrogens with one attached hydrogen (secondary N) is 2. The molecule has 0 aliphatic carbocycles. The first kappa shape index (κ1) is 14.4. The van der Waals surface area contributed by atoms with Gasteiger partial charge in [0.15, 0.2) is 0 Å². The van der Waals surface area contributed by atoms with Crippen molar-refractivity contribution in [1.29, 1.82) is 0 Å². The van der Waals surface area contributed by atoms with Gasteiger partial charge in [0.25, 0.3) is 0 Å². The maximum Gasteiger partial charge on any atom is 0.315 e. The van der Waals surface area contributed by atoms with Crippen LogP contribution < -0.4 is 15.4 Å². The van der Waals surface area contributed by atoms with Gasteiger partial charge in [0.2, 0.25) is 0 Å². The molecule has 1 aliphatic heterocycles. The van der Waals surface area contributed by atoms with Gasteiger partial charge < -0.3 is 15.4 Å². The molecule has 0 spiro atoms. The minimum absolute atomic E-state index is 0.176. The molecule has 1 atom stereocenters. The Morgan fingerprint density at radius 2 is 2.05 bits per heavy atom. The maximum absolute atomic E-state index is 11.8. The van der Waals surface area contributed by atoms with Crippen LogP contribution in [-0.4, -0.2) is 24.2 Å². The van der Waals surface area contributed by atoms with Crippen molar-refractivity contribution in [3.05, 3.63) is 59.9 Å². The molecule has 3 rings (SSSR count).